The number of carboxylic acids is 1. The van der Waals surface area contributed by atoms with Crippen molar-refractivity contribution in [3.8, 4) is 40.0 Å². The molecule has 0 radical (unpaired) electrons. The molecule has 7 atom stereocenters. The average molecular weight is 1470 g/mol. The zero-order chi connectivity index (χ0) is 72.3. The predicted molar refractivity (Wildman–Crippen MR) is 326 cm³/mol. The standard InChI is InChI=1S/C50H52FN14O28P3S2/c1-50(51,62-64-56)91-35-20-39(89-36(35)22-88-95(75,76)93-96(77,78)92-94(72,73)74)65-21-27(45(54)60-49(65)71)5-3-13-57-37(66)23-85-16-17-86-38(61-63-55)24-87-28-6-2-4-25(18-28)46(67)58-14-15-59-47(68)26-7-8-29(48(69)70)32(19-26)40-30-9-11-33(52)43(97(79,80)81)41(30)90-42-31(40)10-12-34(53)44(42)98(82,83)84/h2,4,6-12,18-19,21,35-36,38-39,52H,13-17,20,22-24,53H2,1H3,(H,57,66)(H,58,67)(H,59,68)(H,69,70)(H,75,76)(H,77,78)(H2,54,60,71)(H2,72,73,74)(H,79,80,81)(H,82,83,84)/t35-,36-,38?,39-,50-/m1/s1. The maximum atomic E-state index is 14.9. The van der Waals surface area contributed by atoms with Crippen molar-refractivity contribution >= 4 is 89.9 Å². The number of fused-ring (bicyclic) bond motifs is 2. The normalized spacial score (nSPS) is 16.9. The lowest BCUT2D eigenvalue weighted by atomic mass is 9.89. The summed E-state index contributed by atoms with van der Waals surface area (Å²) in [6, 6.07) is 13.1. The van der Waals surface area contributed by atoms with E-state index in [1.54, 1.807) is 0 Å². The number of alkyl halides is 1. The molecular formula is C50H52FN14O28P3S2. The number of azide groups is 2. The first-order valence-electron chi connectivity index (χ1n) is 27.0. The molecule has 3 heterocycles. The number of nitrogen functional groups attached to an aromatic ring is 2. The number of rotatable bonds is 31. The van der Waals surface area contributed by atoms with Crippen LogP contribution in [0, 0.1) is 17.3 Å². The van der Waals surface area contributed by atoms with Crippen LogP contribution in [-0.4, -0.2) is 161 Å². The van der Waals surface area contributed by atoms with Crippen LogP contribution in [0.4, 0.5) is 15.9 Å². The van der Waals surface area contributed by atoms with Crippen molar-refractivity contribution < 1.29 is 129 Å². The Balaban J connectivity index is 0.883. The molecule has 3 aliphatic rings. The highest BCUT2D eigenvalue weighted by Crippen LogP contribution is 2.66. The molecule has 1 saturated heterocycles. The Bertz CT molecular complexity index is 4790. The molecule has 0 bridgehead atoms. The van der Waals surface area contributed by atoms with E-state index in [0.29, 0.717) is 6.92 Å². The fourth-order valence-electron chi connectivity index (χ4n) is 9.02. The number of phosphoric acid groups is 3. The van der Waals surface area contributed by atoms with Gasteiger partial charge in [-0.25, -0.2) is 27.7 Å². The van der Waals surface area contributed by atoms with Crippen LogP contribution in [0.25, 0.3) is 54.3 Å². The SMILES string of the molecule is C[C@@](F)(N=[N+]=[N-])O[C@@H]1C[C@H](n2cc(C#CCNC(=O)COCCOC(COc3cccc(C(=O)NCCNC(=O)c4ccc(C(=O)O)c(-c5c6ccc(=N)c(S(=O)(=O)O)c-6oc6c(S(=O)(=O)O)c(N)ccc56)c4)c3)N=[N+]=[N-])c(N)nc2=O)O[C@@H]1COP(=O)(O)OP(=O)(O)OP(=O)(O)O. The number of phosphoric ester groups is 1. The van der Waals surface area contributed by atoms with Gasteiger partial charge in [-0.15, -0.1) is 0 Å². The number of carboxylic acid groups (broad SMARTS) is 1. The summed E-state index contributed by atoms with van der Waals surface area (Å²) in [6.45, 7) is -2.69. The van der Waals surface area contributed by atoms with E-state index in [4.69, 9.17) is 65.8 Å². The molecule has 4 aromatic rings. The van der Waals surface area contributed by atoms with Gasteiger partial charge in [-0.3, -0.25) is 38.0 Å². The Labute approximate surface area is 547 Å². The van der Waals surface area contributed by atoms with Gasteiger partial charge in [-0.2, -0.15) is 30.4 Å². The molecule has 1 aliphatic carbocycles. The van der Waals surface area contributed by atoms with Gasteiger partial charge in [0.05, 0.1) is 54.6 Å². The number of aromatic carboxylic acids is 1. The Morgan fingerprint density at radius 2 is 1.59 bits per heavy atom. The number of amides is 3. The van der Waals surface area contributed by atoms with E-state index in [-0.39, 0.29) is 84.0 Å². The predicted octanol–water partition coefficient (Wildman–Crippen LogP) is 2.94. The van der Waals surface area contributed by atoms with Crippen LogP contribution in [0.2, 0.25) is 0 Å². The second-order valence-electron chi connectivity index (χ2n) is 19.9. The smallest absolute Gasteiger partial charge is 0.490 e. The number of anilines is 2. The largest absolute Gasteiger partial charge is 0.491 e. The van der Waals surface area contributed by atoms with E-state index in [0.717, 1.165) is 47.2 Å². The summed E-state index contributed by atoms with van der Waals surface area (Å²) in [5, 5.41) is 31.3. The van der Waals surface area contributed by atoms with Gasteiger partial charge in [-0.05, 0) is 82.4 Å². The first-order chi connectivity index (χ1) is 45.8. The minimum absolute atomic E-state index is 0.0612. The Hall–Kier alpha value is -9.31. The Morgan fingerprint density at radius 3 is 2.23 bits per heavy atom. The van der Waals surface area contributed by atoms with Crippen LogP contribution in [0.3, 0.4) is 0 Å². The Morgan fingerprint density at radius 1 is 0.908 bits per heavy atom. The number of carbonyl (C=O) groups excluding carboxylic acids is 3. The van der Waals surface area contributed by atoms with Crippen LogP contribution in [0.1, 0.15) is 56.2 Å². The number of aromatic nitrogens is 2. The third-order valence-electron chi connectivity index (χ3n) is 12.9. The number of nitrogens with one attached hydrogen (secondary N) is 4. The number of carbonyl (C=O) groups is 4. The van der Waals surface area contributed by atoms with Crippen molar-refractivity contribution in [2.75, 3.05) is 64.1 Å². The third-order valence-corrected chi connectivity index (χ3v) is 18.6. The molecule has 3 aromatic carbocycles. The number of nitrogens with two attached hydrogens (primary N) is 2. The first-order valence-corrected chi connectivity index (χ1v) is 34.4. The van der Waals surface area contributed by atoms with Gasteiger partial charge in [-0.1, -0.05) is 23.0 Å². The summed E-state index contributed by atoms with van der Waals surface area (Å²) in [5.41, 5.74) is 25.5. The summed E-state index contributed by atoms with van der Waals surface area (Å²) < 4.78 is 166. The van der Waals surface area contributed by atoms with Crippen molar-refractivity contribution in [2.24, 2.45) is 10.2 Å². The minimum Gasteiger partial charge on any atom is -0.491 e. The van der Waals surface area contributed by atoms with Gasteiger partial charge < -0.3 is 80.2 Å². The monoisotopic (exact) mass is 1470 g/mol. The van der Waals surface area contributed by atoms with E-state index < -0.39 is 167 Å². The molecule has 1 aromatic heterocycles. The minimum atomic E-state index is -5.95. The maximum absolute atomic E-state index is 14.9. The molecule has 1 fully saturated rings. The summed E-state index contributed by atoms with van der Waals surface area (Å²) in [6.07, 6.45) is -5.58. The van der Waals surface area contributed by atoms with Crippen molar-refractivity contribution in [2.45, 2.75) is 53.8 Å². The van der Waals surface area contributed by atoms with Gasteiger partial charge in [0.1, 0.15) is 37.1 Å². The van der Waals surface area contributed by atoms with Crippen molar-refractivity contribution in [3.63, 3.8) is 0 Å². The van der Waals surface area contributed by atoms with Gasteiger partial charge in [0.2, 0.25) is 5.91 Å². The quantitative estimate of drug-likeness (QED) is 0.00284. The number of hydrogen-bond acceptors (Lipinski definition) is 27. The lowest BCUT2D eigenvalue weighted by molar-refractivity contribution is -0.178. The lowest BCUT2D eigenvalue weighted by Crippen LogP contribution is -2.35. The van der Waals surface area contributed by atoms with Crippen molar-refractivity contribution in [3.05, 3.63) is 132 Å². The molecule has 3 unspecified atom stereocenters. The molecule has 15 N–H and O–H groups in total. The third kappa shape index (κ3) is 20.4. The number of halogens is 1. The fraction of sp³-hybridized carbons (Fsp3) is 0.300. The van der Waals surface area contributed by atoms with E-state index in [9.17, 15) is 82.9 Å². The molecule has 524 valence electrons. The number of ether oxygens (including phenoxy) is 5. The van der Waals surface area contributed by atoms with Gasteiger partial charge >= 0.3 is 35.1 Å². The lowest BCUT2D eigenvalue weighted by Gasteiger charge is -2.24. The zero-order valence-electron chi connectivity index (χ0n) is 49.6. The average Bonchev–Trinajstić information content (AvgIpc) is 0.815. The van der Waals surface area contributed by atoms with Crippen LogP contribution < -0.4 is 43.2 Å². The van der Waals surface area contributed by atoms with Crippen LogP contribution in [-0.2, 0) is 70.8 Å². The molecular weight excluding hydrogens is 1420 g/mol. The van der Waals surface area contributed by atoms with Crippen molar-refractivity contribution in [1.29, 1.82) is 5.41 Å². The number of hydrogen-bond donors (Lipinski definition) is 13. The number of nitrogens with zero attached hydrogens (tertiary/aromatic N) is 8. The molecule has 2 aliphatic heterocycles. The van der Waals surface area contributed by atoms with Gasteiger partial charge in [0.25, 0.3) is 38.0 Å². The molecule has 48 heteroatoms. The second kappa shape index (κ2) is 31.5. The van der Waals surface area contributed by atoms with Gasteiger partial charge in [0.15, 0.2) is 27.4 Å². The van der Waals surface area contributed by atoms with E-state index in [1.807, 2.05) is 0 Å². The molecule has 0 spiro atoms. The van der Waals surface area contributed by atoms with Crippen LogP contribution >= 0.6 is 23.5 Å². The van der Waals surface area contributed by atoms with Crippen LogP contribution in [0.15, 0.2) is 102 Å². The molecule has 0 saturated carbocycles. The van der Waals surface area contributed by atoms with E-state index >= 15 is 0 Å². The molecule has 3 amide bonds. The summed E-state index contributed by atoms with van der Waals surface area (Å²) in [7, 11) is -28.1. The second-order valence-corrected chi connectivity index (χ2v) is 27.0. The molecule has 42 nitrogen and oxygen atoms in total. The summed E-state index contributed by atoms with van der Waals surface area (Å²) in [4.78, 5) is 108. The highest BCUT2D eigenvalue weighted by Gasteiger charge is 2.46. The highest BCUT2D eigenvalue weighted by atomic mass is 32.2. The highest BCUT2D eigenvalue weighted by molar-refractivity contribution is 7.86. The first kappa shape index (κ1) is 76.1. The molecule has 98 heavy (non-hydrogen) atoms. The zero-order valence-corrected chi connectivity index (χ0v) is 53.9. The summed E-state index contributed by atoms with van der Waals surface area (Å²) >= 11 is 0. The van der Waals surface area contributed by atoms with Crippen molar-refractivity contribution in [1.82, 2.24) is 25.5 Å². The Kier molecular flexibility index (Phi) is 24.4. The topological polar surface area (TPSA) is 661 Å². The number of benzene rings is 4. The maximum Gasteiger partial charge on any atom is 0.490 e. The summed E-state index contributed by atoms with van der Waals surface area (Å²) in [5.74, 6) is -2.91. The van der Waals surface area contributed by atoms with E-state index in [2.05, 4.69) is 66.0 Å². The molecule has 7 rings (SSSR count). The van der Waals surface area contributed by atoms with Crippen LogP contribution in [0.5, 0.6) is 5.75 Å². The fourth-order valence-corrected chi connectivity index (χ4v) is 13.5. The van der Waals surface area contributed by atoms with E-state index in [1.165, 1.54) is 30.3 Å². The van der Waals surface area contributed by atoms with Gasteiger partial charge in [0, 0.05) is 70.1 Å².